The first-order chi connectivity index (χ1) is 13.7. The van der Waals surface area contributed by atoms with Crippen molar-refractivity contribution in [2.75, 3.05) is 11.9 Å². The van der Waals surface area contributed by atoms with E-state index in [1.807, 2.05) is 6.92 Å². The summed E-state index contributed by atoms with van der Waals surface area (Å²) in [7, 11) is 0. The number of ether oxygens (including phenoxy) is 2. The minimum absolute atomic E-state index is 0.408. The lowest BCUT2D eigenvalue weighted by Crippen LogP contribution is -2.30. The molecule has 2 rings (SSSR count). The zero-order chi connectivity index (χ0) is 21.4. The van der Waals surface area contributed by atoms with E-state index in [2.05, 4.69) is 5.32 Å². The van der Waals surface area contributed by atoms with E-state index in [0.717, 1.165) is 18.2 Å². The Bertz CT molecular complexity index is 893. The van der Waals surface area contributed by atoms with Gasteiger partial charge in [0.05, 0.1) is 17.9 Å². The van der Waals surface area contributed by atoms with Crippen LogP contribution < -0.4 is 10.1 Å². The molecule has 0 aliphatic heterocycles. The summed E-state index contributed by atoms with van der Waals surface area (Å²) in [5.74, 6) is -1.12. The Kier molecular flexibility index (Phi) is 7.41. The van der Waals surface area contributed by atoms with Gasteiger partial charge in [-0.3, -0.25) is 4.79 Å². The number of nitrogens with one attached hydrogen (secondary N) is 1. The van der Waals surface area contributed by atoms with E-state index in [4.69, 9.17) is 9.47 Å². The van der Waals surface area contributed by atoms with Gasteiger partial charge in [0.2, 0.25) is 0 Å². The van der Waals surface area contributed by atoms with Gasteiger partial charge in [-0.05, 0) is 38.1 Å². The molecule has 1 amide bonds. The quantitative estimate of drug-likeness (QED) is 0.534. The van der Waals surface area contributed by atoms with Crippen molar-refractivity contribution in [3.63, 3.8) is 0 Å². The van der Waals surface area contributed by atoms with Crippen molar-refractivity contribution in [3.8, 4) is 5.75 Å². The molecule has 0 saturated heterocycles. The Morgan fingerprint density at radius 2 is 1.76 bits per heavy atom. The number of para-hydroxylation sites is 2. The summed E-state index contributed by atoms with van der Waals surface area (Å²) in [4.78, 5) is 24.1. The Balaban J connectivity index is 2.01. The molecular formula is C21H20F3NO4. The van der Waals surface area contributed by atoms with Gasteiger partial charge in [0.15, 0.2) is 6.10 Å². The highest BCUT2D eigenvalue weighted by Crippen LogP contribution is 2.34. The molecule has 8 heteroatoms. The first kappa shape index (κ1) is 22.0. The molecule has 0 bridgehead atoms. The molecule has 154 valence electrons. The van der Waals surface area contributed by atoms with Crippen LogP contribution in [0.4, 0.5) is 18.9 Å². The van der Waals surface area contributed by atoms with Crippen LogP contribution in [0.15, 0.2) is 54.6 Å². The van der Waals surface area contributed by atoms with E-state index in [-0.39, 0.29) is 0 Å². The number of hydrogen-bond donors (Lipinski definition) is 1. The minimum Gasteiger partial charge on any atom is -0.493 e. The fourth-order valence-electron chi connectivity index (χ4n) is 2.40. The van der Waals surface area contributed by atoms with Gasteiger partial charge in [-0.1, -0.05) is 30.3 Å². The topological polar surface area (TPSA) is 64.6 Å². The number of carbonyl (C=O) groups is 2. The number of carbonyl (C=O) groups excluding carboxylic acids is 2. The third-order valence-electron chi connectivity index (χ3n) is 3.77. The van der Waals surface area contributed by atoms with E-state index in [9.17, 15) is 22.8 Å². The Labute approximate surface area is 166 Å². The molecule has 5 nitrogen and oxygen atoms in total. The van der Waals surface area contributed by atoms with Gasteiger partial charge in [0.25, 0.3) is 5.91 Å². The average Bonchev–Trinajstić information content (AvgIpc) is 2.67. The van der Waals surface area contributed by atoms with E-state index in [1.165, 1.54) is 25.1 Å². The van der Waals surface area contributed by atoms with Crippen molar-refractivity contribution in [2.24, 2.45) is 0 Å². The zero-order valence-corrected chi connectivity index (χ0v) is 15.8. The summed E-state index contributed by atoms with van der Waals surface area (Å²) in [6, 6.07) is 11.6. The maximum atomic E-state index is 13.0. The molecule has 0 heterocycles. The van der Waals surface area contributed by atoms with Crippen molar-refractivity contribution in [1.82, 2.24) is 0 Å². The monoisotopic (exact) mass is 407 g/mol. The molecular weight excluding hydrogens is 387 g/mol. The molecule has 0 aliphatic carbocycles. The SMILES string of the molecule is CCOc1ccccc1/C=C/C(=O)O[C@H](C)C(=O)Nc1ccccc1C(F)(F)F. The molecule has 0 unspecified atom stereocenters. The van der Waals surface area contributed by atoms with E-state index < -0.39 is 35.4 Å². The number of alkyl halides is 3. The number of hydrogen-bond acceptors (Lipinski definition) is 4. The van der Waals surface area contributed by atoms with Gasteiger partial charge in [-0.25, -0.2) is 4.79 Å². The maximum Gasteiger partial charge on any atom is 0.418 e. The molecule has 1 N–H and O–H groups in total. The largest absolute Gasteiger partial charge is 0.493 e. The second-order valence-electron chi connectivity index (χ2n) is 5.92. The standard InChI is InChI=1S/C21H20F3NO4/c1-3-28-18-11-7-4-8-15(18)12-13-19(26)29-14(2)20(27)25-17-10-6-5-9-16(17)21(22,23)24/h4-14H,3H2,1-2H3,(H,25,27)/b13-12+/t14-/m1/s1. The van der Waals surface area contributed by atoms with Gasteiger partial charge >= 0.3 is 12.1 Å². The van der Waals surface area contributed by atoms with Crippen LogP contribution in [0.3, 0.4) is 0 Å². The van der Waals surface area contributed by atoms with Crippen LogP contribution in [0.2, 0.25) is 0 Å². The highest BCUT2D eigenvalue weighted by atomic mass is 19.4. The number of esters is 1. The summed E-state index contributed by atoms with van der Waals surface area (Å²) < 4.78 is 49.4. The van der Waals surface area contributed by atoms with Crippen LogP contribution in [0.5, 0.6) is 5.75 Å². The first-order valence-corrected chi connectivity index (χ1v) is 8.80. The van der Waals surface area contributed by atoms with Crippen LogP contribution in [-0.4, -0.2) is 24.6 Å². The fourth-order valence-corrected chi connectivity index (χ4v) is 2.40. The fraction of sp³-hybridized carbons (Fsp3) is 0.238. The van der Waals surface area contributed by atoms with E-state index in [1.54, 1.807) is 24.3 Å². The smallest absolute Gasteiger partial charge is 0.418 e. The lowest BCUT2D eigenvalue weighted by molar-refractivity contribution is -0.148. The number of anilines is 1. The summed E-state index contributed by atoms with van der Waals surface area (Å²) in [6.45, 7) is 3.54. The van der Waals surface area contributed by atoms with Gasteiger partial charge in [0, 0.05) is 11.6 Å². The van der Waals surface area contributed by atoms with Crippen molar-refractivity contribution < 1.29 is 32.2 Å². The highest BCUT2D eigenvalue weighted by molar-refractivity contribution is 5.97. The maximum absolute atomic E-state index is 13.0. The summed E-state index contributed by atoms with van der Waals surface area (Å²) in [5.41, 5.74) is -0.754. The lowest BCUT2D eigenvalue weighted by atomic mass is 10.1. The summed E-state index contributed by atoms with van der Waals surface area (Å²) in [5, 5.41) is 2.14. The van der Waals surface area contributed by atoms with Gasteiger partial charge < -0.3 is 14.8 Å². The predicted molar refractivity (Wildman–Crippen MR) is 102 cm³/mol. The second kappa shape index (κ2) is 9.77. The van der Waals surface area contributed by atoms with Crippen molar-refractivity contribution in [1.29, 1.82) is 0 Å². The third kappa shape index (κ3) is 6.38. The molecule has 0 fully saturated rings. The van der Waals surface area contributed by atoms with E-state index >= 15 is 0 Å². The van der Waals surface area contributed by atoms with Crippen molar-refractivity contribution in [2.45, 2.75) is 26.1 Å². The second-order valence-corrected chi connectivity index (χ2v) is 5.92. The number of halogens is 3. The Morgan fingerprint density at radius 3 is 2.45 bits per heavy atom. The average molecular weight is 407 g/mol. The molecule has 2 aromatic carbocycles. The molecule has 0 aliphatic rings. The lowest BCUT2D eigenvalue weighted by Gasteiger charge is -2.16. The minimum atomic E-state index is -4.62. The van der Waals surface area contributed by atoms with E-state index in [0.29, 0.717) is 17.9 Å². The number of benzene rings is 2. The van der Waals surface area contributed by atoms with Crippen LogP contribution >= 0.6 is 0 Å². The molecule has 0 aromatic heterocycles. The van der Waals surface area contributed by atoms with Gasteiger partial charge in [-0.2, -0.15) is 13.2 Å². The predicted octanol–water partition coefficient (Wildman–Crippen LogP) is 4.69. The van der Waals surface area contributed by atoms with Crippen LogP contribution in [0.25, 0.3) is 6.08 Å². The van der Waals surface area contributed by atoms with Crippen molar-refractivity contribution in [3.05, 3.63) is 65.7 Å². The summed E-state index contributed by atoms with van der Waals surface area (Å²) in [6.07, 6.45) is -3.33. The highest BCUT2D eigenvalue weighted by Gasteiger charge is 2.34. The van der Waals surface area contributed by atoms with Gasteiger partial charge in [-0.15, -0.1) is 0 Å². The molecule has 0 saturated carbocycles. The molecule has 0 radical (unpaired) electrons. The normalized spacial score (nSPS) is 12.4. The van der Waals surface area contributed by atoms with Crippen LogP contribution in [-0.2, 0) is 20.5 Å². The number of rotatable bonds is 7. The Hall–Kier alpha value is -3.29. The molecule has 1 atom stereocenters. The van der Waals surface area contributed by atoms with Gasteiger partial charge in [0.1, 0.15) is 5.75 Å². The third-order valence-corrected chi connectivity index (χ3v) is 3.77. The molecule has 0 spiro atoms. The first-order valence-electron chi connectivity index (χ1n) is 8.80. The van der Waals surface area contributed by atoms with Crippen LogP contribution in [0.1, 0.15) is 25.0 Å². The zero-order valence-electron chi connectivity index (χ0n) is 15.8. The Morgan fingerprint density at radius 1 is 1.10 bits per heavy atom. The molecule has 29 heavy (non-hydrogen) atoms. The number of amides is 1. The molecule has 2 aromatic rings. The van der Waals surface area contributed by atoms with Crippen LogP contribution in [0, 0.1) is 0 Å². The van der Waals surface area contributed by atoms with Crippen molar-refractivity contribution >= 4 is 23.6 Å². The summed E-state index contributed by atoms with van der Waals surface area (Å²) >= 11 is 0.